The molecule has 4 rings (SSSR count). The van der Waals surface area contributed by atoms with Crippen LogP contribution in [0.15, 0.2) is 72.1 Å². The highest BCUT2D eigenvalue weighted by molar-refractivity contribution is 7.10. The number of amides is 2. The zero-order valence-corrected chi connectivity index (χ0v) is 17.0. The van der Waals surface area contributed by atoms with Crippen LogP contribution in [-0.4, -0.2) is 29.8 Å². The molecule has 0 radical (unpaired) electrons. The number of carbonyl (C=O) groups is 2. The van der Waals surface area contributed by atoms with Gasteiger partial charge in [-0.2, -0.15) is 0 Å². The second-order valence-corrected chi connectivity index (χ2v) is 8.21. The molecule has 5 heteroatoms. The van der Waals surface area contributed by atoms with Gasteiger partial charge in [0.05, 0.1) is 12.5 Å². The summed E-state index contributed by atoms with van der Waals surface area (Å²) in [6, 6.07) is 21.9. The molecule has 2 aromatic carbocycles. The van der Waals surface area contributed by atoms with Crippen molar-refractivity contribution in [2.75, 3.05) is 13.1 Å². The third-order valence-electron chi connectivity index (χ3n) is 5.27. The number of fused-ring (bicyclic) bond motifs is 1. The van der Waals surface area contributed by atoms with Gasteiger partial charge >= 0.3 is 0 Å². The van der Waals surface area contributed by atoms with Gasteiger partial charge in [-0.3, -0.25) is 9.59 Å². The van der Waals surface area contributed by atoms with E-state index in [0.717, 1.165) is 17.5 Å². The van der Waals surface area contributed by atoms with Crippen LogP contribution in [-0.2, 0) is 22.4 Å². The minimum absolute atomic E-state index is 0.0429. The van der Waals surface area contributed by atoms with E-state index < -0.39 is 0 Å². The summed E-state index contributed by atoms with van der Waals surface area (Å²) in [6.07, 6.45) is 1.54. The Balaban J connectivity index is 1.39. The summed E-state index contributed by atoms with van der Waals surface area (Å²) in [4.78, 5) is 28.5. The number of carbonyl (C=O) groups excluding carboxylic acids is 2. The molecule has 1 aliphatic rings. The normalized spacial score (nSPS) is 15.6. The zero-order chi connectivity index (χ0) is 20.1. The molecule has 29 heavy (non-hydrogen) atoms. The van der Waals surface area contributed by atoms with Crippen molar-refractivity contribution in [1.29, 1.82) is 0 Å². The molecule has 1 aliphatic heterocycles. The molecular weight excluding hydrogens is 380 g/mol. The lowest BCUT2D eigenvalue weighted by molar-refractivity contribution is -0.133. The maximum absolute atomic E-state index is 13.0. The van der Waals surface area contributed by atoms with Crippen LogP contribution < -0.4 is 5.32 Å². The lowest BCUT2D eigenvalue weighted by atomic mass is 9.93. The smallest absolute Gasteiger partial charge is 0.225 e. The summed E-state index contributed by atoms with van der Waals surface area (Å²) < 4.78 is 0. The van der Waals surface area contributed by atoms with Gasteiger partial charge in [0.15, 0.2) is 0 Å². The average Bonchev–Trinajstić information content (AvgIpc) is 3.23. The van der Waals surface area contributed by atoms with Crippen molar-refractivity contribution in [2.24, 2.45) is 0 Å². The van der Waals surface area contributed by atoms with Crippen LogP contribution in [0.2, 0.25) is 0 Å². The van der Waals surface area contributed by atoms with Gasteiger partial charge in [-0.05, 0) is 34.6 Å². The first-order valence-corrected chi connectivity index (χ1v) is 10.8. The van der Waals surface area contributed by atoms with E-state index in [1.807, 2.05) is 53.4 Å². The van der Waals surface area contributed by atoms with Crippen molar-refractivity contribution >= 4 is 23.2 Å². The van der Waals surface area contributed by atoms with Crippen LogP contribution in [0.3, 0.4) is 0 Å². The van der Waals surface area contributed by atoms with Gasteiger partial charge in [-0.1, -0.05) is 60.7 Å². The Kier molecular flexibility index (Phi) is 6.06. The second-order valence-electron chi connectivity index (χ2n) is 7.21. The van der Waals surface area contributed by atoms with Gasteiger partial charge in [-0.25, -0.2) is 0 Å². The first-order chi connectivity index (χ1) is 14.2. The summed E-state index contributed by atoms with van der Waals surface area (Å²) in [5, 5.41) is 5.00. The average molecular weight is 405 g/mol. The zero-order valence-electron chi connectivity index (χ0n) is 16.2. The number of rotatable bonds is 6. The molecule has 0 aliphatic carbocycles. The van der Waals surface area contributed by atoms with Crippen molar-refractivity contribution in [1.82, 2.24) is 10.2 Å². The first-order valence-electron chi connectivity index (χ1n) is 9.93. The van der Waals surface area contributed by atoms with Crippen LogP contribution >= 0.6 is 11.3 Å². The van der Waals surface area contributed by atoms with Crippen molar-refractivity contribution in [2.45, 2.75) is 25.3 Å². The minimum Gasteiger partial charge on any atom is -0.355 e. The molecule has 1 unspecified atom stereocenters. The first kappa shape index (κ1) is 19.4. The van der Waals surface area contributed by atoms with Crippen LogP contribution in [0.1, 0.15) is 34.0 Å². The molecule has 2 amide bonds. The number of thiophene rings is 1. The maximum atomic E-state index is 13.0. The van der Waals surface area contributed by atoms with Gasteiger partial charge in [0.25, 0.3) is 0 Å². The van der Waals surface area contributed by atoms with Crippen molar-refractivity contribution < 1.29 is 9.59 Å². The minimum atomic E-state index is -0.0534. The van der Waals surface area contributed by atoms with E-state index in [1.165, 1.54) is 10.4 Å². The highest BCUT2D eigenvalue weighted by Gasteiger charge is 2.32. The summed E-state index contributed by atoms with van der Waals surface area (Å²) in [7, 11) is 0. The summed E-state index contributed by atoms with van der Waals surface area (Å²) >= 11 is 1.77. The van der Waals surface area contributed by atoms with E-state index >= 15 is 0 Å². The largest absolute Gasteiger partial charge is 0.355 e. The molecule has 0 bridgehead atoms. The Morgan fingerprint density at radius 3 is 2.48 bits per heavy atom. The molecule has 4 nitrogen and oxygen atoms in total. The fourth-order valence-corrected chi connectivity index (χ4v) is 4.78. The Morgan fingerprint density at radius 1 is 1.00 bits per heavy atom. The number of benzene rings is 2. The standard InChI is InChI=1S/C24H24N2O2S/c27-22(17-18-7-3-1-4-8-18)25-14-11-23(28)26-15-12-21-20(13-16-29-21)24(26)19-9-5-2-6-10-19/h1-10,13,16,24H,11-12,14-15,17H2,(H,25,27). The molecule has 2 heterocycles. The fraction of sp³-hybridized carbons (Fsp3) is 0.250. The van der Waals surface area contributed by atoms with Gasteiger partial charge in [0, 0.05) is 24.4 Å². The number of hydrogen-bond donors (Lipinski definition) is 1. The predicted octanol–water partition coefficient (Wildman–Crippen LogP) is 3.97. The molecule has 3 aromatic rings. The van der Waals surface area contributed by atoms with Crippen LogP contribution in [0.25, 0.3) is 0 Å². The van der Waals surface area contributed by atoms with E-state index in [0.29, 0.717) is 25.9 Å². The Hall–Kier alpha value is -2.92. The van der Waals surface area contributed by atoms with Crippen LogP contribution in [0.5, 0.6) is 0 Å². The van der Waals surface area contributed by atoms with Gasteiger partial charge in [0.1, 0.15) is 0 Å². The van der Waals surface area contributed by atoms with E-state index in [2.05, 4.69) is 28.9 Å². The SMILES string of the molecule is O=C(Cc1ccccc1)NCCC(=O)N1CCc2sccc2C1c1ccccc1. The number of hydrogen-bond acceptors (Lipinski definition) is 3. The van der Waals surface area contributed by atoms with E-state index in [4.69, 9.17) is 0 Å². The third kappa shape index (κ3) is 4.57. The molecular formula is C24H24N2O2S. The Bertz CT molecular complexity index is 969. The molecule has 1 N–H and O–H groups in total. The molecule has 0 saturated carbocycles. The predicted molar refractivity (Wildman–Crippen MR) is 116 cm³/mol. The fourth-order valence-electron chi connectivity index (χ4n) is 3.88. The van der Waals surface area contributed by atoms with Gasteiger partial charge in [0.2, 0.25) is 11.8 Å². The van der Waals surface area contributed by atoms with Crippen molar-refractivity contribution in [3.8, 4) is 0 Å². The molecule has 1 atom stereocenters. The molecule has 0 spiro atoms. The molecule has 148 valence electrons. The molecule has 1 aromatic heterocycles. The monoisotopic (exact) mass is 404 g/mol. The highest BCUT2D eigenvalue weighted by Crippen LogP contribution is 2.37. The topological polar surface area (TPSA) is 49.4 Å². The van der Waals surface area contributed by atoms with Crippen molar-refractivity contribution in [3.05, 3.63) is 93.7 Å². The lowest BCUT2D eigenvalue weighted by Gasteiger charge is -2.36. The lowest BCUT2D eigenvalue weighted by Crippen LogP contribution is -2.41. The molecule has 0 fully saturated rings. The van der Waals surface area contributed by atoms with Crippen molar-refractivity contribution in [3.63, 3.8) is 0 Å². The van der Waals surface area contributed by atoms with E-state index in [9.17, 15) is 9.59 Å². The summed E-state index contributed by atoms with van der Waals surface area (Å²) in [5.41, 5.74) is 3.34. The van der Waals surface area contributed by atoms with E-state index in [-0.39, 0.29) is 17.9 Å². The Morgan fingerprint density at radius 2 is 1.72 bits per heavy atom. The summed E-state index contributed by atoms with van der Waals surface area (Å²) in [6.45, 7) is 1.07. The van der Waals surface area contributed by atoms with Gasteiger partial charge in [-0.15, -0.1) is 11.3 Å². The second kappa shape index (κ2) is 9.05. The highest BCUT2D eigenvalue weighted by atomic mass is 32.1. The third-order valence-corrected chi connectivity index (χ3v) is 6.27. The summed E-state index contributed by atoms with van der Waals surface area (Å²) in [5.74, 6) is 0.0260. The quantitative estimate of drug-likeness (QED) is 0.676. The molecule has 0 saturated heterocycles. The number of nitrogens with zero attached hydrogens (tertiary/aromatic N) is 1. The van der Waals surface area contributed by atoms with Crippen LogP contribution in [0.4, 0.5) is 0 Å². The number of nitrogens with one attached hydrogen (secondary N) is 1. The van der Waals surface area contributed by atoms with Gasteiger partial charge < -0.3 is 10.2 Å². The maximum Gasteiger partial charge on any atom is 0.225 e. The Labute approximate surface area is 175 Å². The van der Waals surface area contributed by atoms with Crippen LogP contribution in [0, 0.1) is 0 Å². The van der Waals surface area contributed by atoms with E-state index in [1.54, 1.807) is 11.3 Å².